The second kappa shape index (κ2) is 8.12. The molecule has 176 valence electrons. The van der Waals surface area contributed by atoms with Crippen molar-refractivity contribution < 1.29 is 13.2 Å². The Labute approximate surface area is 197 Å². The number of hydrogen-bond donors (Lipinski definition) is 1. The van der Waals surface area contributed by atoms with Gasteiger partial charge in [-0.05, 0) is 25.1 Å². The summed E-state index contributed by atoms with van der Waals surface area (Å²) < 4.78 is 46.0. The number of benzene rings is 1. The molecule has 1 aromatic carbocycles. The van der Waals surface area contributed by atoms with Gasteiger partial charge in [-0.15, -0.1) is 0 Å². The maximum Gasteiger partial charge on any atom is 0.260 e. The van der Waals surface area contributed by atoms with E-state index in [-0.39, 0.29) is 34.8 Å². The highest BCUT2D eigenvalue weighted by atomic mass is 35.5. The van der Waals surface area contributed by atoms with Gasteiger partial charge in [-0.1, -0.05) is 11.6 Å². The molecule has 11 heteroatoms. The lowest BCUT2D eigenvalue weighted by Gasteiger charge is -2.38. The zero-order valence-electron chi connectivity index (χ0n) is 18.3. The van der Waals surface area contributed by atoms with E-state index in [0.29, 0.717) is 22.7 Å². The molecule has 1 fully saturated rings. The molecule has 4 aromatic rings. The fourth-order valence-electron chi connectivity index (χ4n) is 4.39. The molecule has 1 aliphatic heterocycles. The number of alkyl halides is 2. The van der Waals surface area contributed by atoms with Gasteiger partial charge in [0.2, 0.25) is 0 Å². The number of nitrogens with one attached hydrogen (secondary N) is 1. The number of rotatable bonds is 3. The van der Waals surface area contributed by atoms with Crippen LogP contribution in [0.3, 0.4) is 0 Å². The van der Waals surface area contributed by atoms with Gasteiger partial charge in [0, 0.05) is 55.0 Å². The zero-order chi connectivity index (χ0) is 24.2. The Morgan fingerprint density at radius 1 is 1.24 bits per heavy atom. The van der Waals surface area contributed by atoms with Crippen LogP contribution in [0.15, 0.2) is 41.5 Å². The highest BCUT2D eigenvalue weighted by Gasteiger charge is 2.45. The van der Waals surface area contributed by atoms with Crippen molar-refractivity contribution in [1.29, 1.82) is 0 Å². The van der Waals surface area contributed by atoms with Crippen LogP contribution >= 0.6 is 11.6 Å². The average molecular weight is 489 g/mol. The second-order valence-corrected chi connectivity index (χ2v) is 8.89. The van der Waals surface area contributed by atoms with E-state index in [0.717, 1.165) is 6.07 Å². The minimum Gasteiger partial charge on any atom is -0.355 e. The number of fused-ring (bicyclic) bond motifs is 1. The van der Waals surface area contributed by atoms with Gasteiger partial charge in [0.05, 0.1) is 28.7 Å². The van der Waals surface area contributed by atoms with Crippen molar-refractivity contribution in [3.63, 3.8) is 0 Å². The molecule has 1 N–H and O–H groups in total. The number of halogens is 4. The first-order chi connectivity index (χ1) is 16.1. The lowest BCUT2D eigenvalue weighted by molar-refractivity contribution is -0.0424. The fraction of sp³-hybridized carbons (Fsp3) is 0.304. The predicted molar refractivity (Wildman–Crippen MR) is 123 cm³/mol. The van der Waals surface area contributed by atoms with E-state index in [9.17, 15) is 18.0 Å². The maximum atomic E-state index is 14.9. The SMILES string of the molecule is Cc1nc2cc(N3CCC(F)(F)[C@H](c4cnn(C)c4)C3)nc(-c3ccc(Cl)cc3F)c2c(=O)[nH]1. The average Bonchev–Trinajstić information content (AvgIpc) is 3.18. The third-order valence-electron chi connectivity index (χ3n) is 6.06. The van der Waals surface area contributed by atoms with Crippen LogP contribution < -0.4 is 10.5 Å². The van der Waals surface area contributed by atoms with Crippen molar-refractivity contribution in [2.75, 3.05) is 18.0 Å². The first-order valence-electron chi connectivity index (χ1n) is 10.6. The molecule has 0 saturated carbocycles. The van der Waals surface area contributed by atoms with Crippen molar-refractivity contribution in [3.05, 3.63) is 69.2 Å². The molecule has 3 aromatic heterocycles. The highest BCUT2D eigenvalue weighted by molar-refractivity contribution is 6.30. The van der Waals surface area contributed by atoms with Crippen molar-refractivity contribution in [2.24, 2.45) is 7.05 Å². The smallest absolute Gasteiger partial charge is 0.260 e. The number of aromatic amines is 1. The number of anilines is 1. The van der Waals surface area contributed by atoms with E-state index in [2.05, 4.69) is 20.1 Å². The van der Waals surface area contributed by atoms with Crippen molar-refractivity contribution in [1.82, 2.24) is 24.7 Å². The van der Waals surface area contributed by atoms with Crippen LogP contribution in [0.5, 0.6) is 0 Å². The molecule has 0 bridgehead atoms. The molecule has 34 heavy (non-hydrogen) atoms. The minimum absolute atomic E-state index is 0.0259. The number of nitrogens with zero attached hydrogens (tertiary/aromatic N) is 5. The van der Waals surface area contributed by atoms with Crippen LogP contribution in [0.2, 0.25) is 5.02 Å². The second-order valence-electron chi connectivity index (χ2n) is 8.46. The zero-order valence-corrected chi connectivity index (χ0v) is 19.1. The van der Waals surface area contributed by atoms with E-state index >= 15 is 0 Å². The molecule has 1 saturated heterocycles. The minimum atomic E-state index is -2.92. The molecule has 7 nitrogen and oxygen atoms in total. The summed E-state index contributed by atoms with van der Waals surface area (Å²) in [6.45, 7) is 1.64. The summed E-state index contributed by atoms with van der Waals surface area (Å²) in [6, 6.07) is 5.65. The number of aryl methyl sites for hydroxylation is 2. The van der Waals surface area contributed by atoms with E-state index < -0.39 is 29.6 Å². The van der Waals surface area contributed by atoms with Gasteiger partial charge in [-0.3, -0.25) is 9.48 Å². The summed E-state index contributed by atoms with van der Waals surface area (Å²) in [5, 5.41) is 4.34. The molecule has 0 aliphatic carbocycles. The van der Waals surface area contributed by atoms with Gasteiger partial charge in [-0.25, -0.2) is 23.1 Å². The molecule has 5 rings (SSSR count). The number of H-pyrrole nitrogens is 1. The summed E-state index contributed by atoms with van der Waals surface area (Å²) in [6.07, 6.45) is 2.63. The van der Waals surface area contributed by atoms with E-state index in [1.54, 1.807) is 31.1 Å². The van der Waals surface area contributed by atoms with Crippen molar-refractivity contribution in [3.8, 4) is 11.3 Å². The number of aromatic nitrogens is 5. The predicted octanol–water partition coefficient (Wildman–Crippen LogP) is 4.45. The van der Waals surface area contributed by atoms with Crippen LogP contribution in [0.25, 0.3) is 22.2 Å². The summed E-state index contributed by atoms with van der Waals surface area (Å²) in [5.74, 6) is -3.98. The number of pyridine rings is 1. The molecule has 4 heterocycles. The maximum absolute atomic E-state index is 14.9. The third-order valence-corrected chi connectivity index (χ3v) is 6.30. The Morgan fingerprint density at radius 3 is 2.74 bits per heavy atom. The first-order valence-corrected chi connectivity index (χ1v) is 11.0. The summed E-state index contributed by atoms with van der Waals surface area (Å²) in [5.41, 5.74) is 0.395. The molecule has 1 aliphatic rings. The molecular formula is C23H20ClF3N6O. The van der Waals surface area contributed by atoms with E-state index in [1.807, 2.05) is 0 Å². The van der Waals surface area contributed by atoms with Gasteiger partial charge >= 0.3 is 0 Å². The lowest BCUT2D eigenvalue weighted by Crippen LogP contribution is -2.46. The molecule has 0 radical (unpaired) electrons. The van der Waals surface area contributed by atoms with Gasteiger partial charge in [0.1, 0.15) is 17.5 Å². The quantitative estimate of drug-likeness (QED) is 0.461. The van der Waals surface area contributed by atoms with E-state index in [4.69, 9.17) is 11.6 Å². The highest BCUT2D eigenvalue weighted by Crippen LogP contribution is 2.42. The topological polar surface area (TPSA) is 79.7 Å². The Bertz CT molecular complexity index is 1470. The standard InChI is InChI=1S/C23H20ClF3N6O/c1-12-29-18-8-19(33-6-5-23(26,27)16(11-33)13-9-28-32(2)10-13)31-21(20(18)22(34)30-12)15-4-3-14(24)7-17(15)25/h3-4,7-10,16H,5-6,11H2,1-2H3,(H,29,30,34)/t16-/m0/s1. The van der Waals surface area contributed by atoms with Gasteiger partial charge in [-0.2, -0.15) is 5.10 Å². The van der Waals surface area contributed by atoms with Crippen LogP contribution in [0.1, 0.15) is 23.7 Å². The largest absolute Gasteiger partial charge is 0.355 e. The monoisotopic (exact) mass is 488 g/mol. The van der Waals surface area contributed by atoms with Gasteiger partial charge < -0.3 is 9.88 Å². The lowest BCUT2D eigenvalue weighted by atomic mass is 9.88. The third kappa shape index (κ3) is 3.91. The molecule has 0 amide bonds. The van der Waals surface area contributed by atoms with Crippen LogP contribution in [0.4, 0.5) is 19.0 Å². The van der Waals surface area contributed by atoms with Gasteiger partial charge in [0.25, 0.3) is 11.5 Å². The molecule has 0 spiro atoms. The van der Waals surface area contributed by atoms with Crippen LogP contribution in [0, 0.1) is 12.7 Å². The van der Waals surface area contributed by atoms with Crippen molar-refractivity contribution in [2.45, 2.75) is 25.2 Å². The van der Waals surface area contributed by atoms with E-state index in [1.165, 1.54) is 23.0 Å². The normalized spacial score (nSPS) is 17.9. The van der Waals surface area contributed by atoms with Gasteiger partial charge in [0.15, 0.2) is 0 Å². The Balaban J connectivity index is 1.66. The number of piperidine rings is 1. The molecular weight excluding hydrogens is 469 g/mol. The molecule has 1 atom stereocenters. The van der Waals surface area contributed by atoms with Crippen molar-refractivity contribution >= 4 is 28.3 Å². The Hall–Kier alpha value is -3.40. The fourth-order valence-corrected chi connectivity index (χ4v) is 4.54. The Morgan fingerprint density at radius 2 is 2.03 bits per heavy atom. The number of hydrogen-bond acceptors (Lipinski definition) is 5. The van der Waals surface area contributed by atoms with Crippen LogP contribution in [-0.2, 0) is 7.05 Å². The van der Waals surface area contributed by atoms with Crippen LogP contribution in [-0.4, -0.2) is 43.7 Å². The Kier molecular flexibility index (Phi) is 5.35. The summed E-state index contributed by atoms with van der Waals surface area (Å²) in [7, 11) is 1.67. The summed E-state index contributed by atoms with van der Waals surface area (Å²) in [4.78, 5) is 26.1. The summed E-state index contributed by atoms with van der Waals surface area (Å²) >= 11 is 5.90. The molecule has 0 unspecified atom stereocenters. The first kappa shape index (κ1) is 22.4.